The number of nitrogens with zero attached hydrogens (tertiary/aromatic N) is 1. The number of hydrogen-bond acceptors (Lipinski definition) is 3. The van der Waals surface area contributed by atoms with Crippen LogP contribution in [0.2, 0.25) is 0 Å². The molecule has 2 aliphatic heterocycles. The van der Waals surface area contributed by atoms with Crippen LogP contribution in [-0.4, -0.2) is 46.3 Å². The molecule has 0 aliphatic carbocycles. The number of piperazine rings is 1. The third-order valence-electron chi connectivity index (χ3n) is 3.81. The average molecular weight is 270 g/mol. The number of carbonyl (C=O) groups is 2. The summed E-state index contributed by atoms with van der Waals surface area (Å²) in [6.07, 6.45) is 1.72. The first-order valence-corrected chi connectivity index (χ1v) is 7.92. The lowest BCUT2D eigenvalue weighted by molar-refractivity contribution is -0.153. The van der Waals surface area contributed by atoms with Crippen LogP contribution in [-0.2, 0) is 9.59 Å². The monoisotopic (exact) mass is 270 g/mol. The van der Waals surface area contributed by atoms with Gasteiger partial charge in [0.1, 0.15) is 12.1 Å². The molecule has 5 heteroatoms. The number of amides is 2. The topological polar surface area (TPSA) is 49.4 Å². The SMILES string of the molecule is CCC1C(=O)NC(C(C)C)C(=O)N1C1CCSC1. The summed E-state index contributed by atoms with van der Waals surface area (Å²) in [4.78, 5) is 26.6. The van der Waals surface area contributed by atoms with Gasteiger partial charge in [0, 0.05) is 11.8 Å². The van der Waals surface area contributed by atoms with Crippen molar-refractivity contribution >= 4 is 23.6 Å². The molecule has 1 N–H and O–H groups in total. The van der Waals surface area contributed by atoms with E-state index >= 15 is 0 Å². The molecule has 0 aromatic rings. The van der Waals surface area contributed by atoms with Gasteiger partial charge in [0.25, 0.3) is 0 Å². The van der Waals surface area contributed by atoms with Crippen molar-refractivity contribution in [3.05, 3.63) is 0 Å². The Labute approximate surface area is 113 Å². The molecule has 2 fully saturated rings. The molecule has 2 amide bonds. The fourth-order valence-electron chi connectivity index (χ4n) is 2.76. The number of hydrogen-bond donors (Lipinski definition) is 1. The predicted octanol–water partition coefficient (Wildman–Crippen LogP) is 1.25. The molecule has 2 saturated heterocycles. The van der Waals surface area contributed by atoms with Gasteiger partial charge in [0.05, 0.1) is 0 Å². The van der Waals surface area contributed by atoms with E-state index in [-0.39, 0.29) is 35.9 Å². The summed E-state index contributed by atoms with van der Waals surface area (Å²) in [7, 11) is 0. The summed E-state index contributed by atoms with van der Waals surface area (Å²) >= 11 is 1.88. The highest BCUT2D eigenvalue weighted by atomic mass is 32.2. The molecule has 0 spiro atoms. The summed E-state index contributed by atoms with van der Waals surface area (Å²) in [6, 6.07) is -0.359. The summed E-state index contributed by atoms with van der Waals surface area (Å²) in [5.74, 6) is 2.35. The largest absolute Gasteiger partial charge is 0.342 e. The van der Waals surface area contributed by atoms with Crippen LogP contribution in [0.4, 0.5) is 0 Å². The van der Waals surface area contributed by atoms with Crippen LogP contribution in [0.15, 0.2) is 0 Å². The van der Waals surface area contributed by atoms with E-state index in [0.717, 1.165) is 17.9 Å². The highest BCUT2D eigenvalue weighted by molar-refractivity contribution is 7.99. The lowest BCUT2D eigenvalue weighted by atomic mass is 9.95. The first-order chi connectivity index (χ1) is 8.56. The molecule has 102 valence electrons. The molecular weight excluding hydrogens is 248 g/mol. The second-order valence-corrected chi connectivity index (χ2v) is 6.57. The van der Waals surface area contributed by atoms with Crippen molar-refractivity contribution in [1.29, 1.82) is 0 Å². The summed E-state index contributed by atoms with van der Waals surface area (Å²) < 4.78 is 0. The van der Waals surface area contributed by atoms with E-state index in [1.807, 2.05) is 37.4 Å². The number of carbonyl (C=O) groups excluding carboxylic acids is 2. The second-order valence-electron chi connectivity index (χ2n) is 5.42. The van der Waals surface area contributed by atoms with Gasteiger partial charge in [0.15, 0.2) is 0 Å². The van der Waals surface area contributed by atoms with Gasteiger partial charge in [-0.15, -0.1) is 0 Å². The Kier molecular flexibility index (Phi) is 4.20. The van der Waals surface area contributed by atoms with Gasteiger partial charge in [-0.3, -0.25) is 9.59 Å². The Morgan fingerprint density at radius 3 is 2.67 bits per heavy atom. The van der Waals surface area contributed by atoms with Gasteiger partial charge in [0.2, 0.25) is 11.8 Å². The van der Waals surface area contributed by atoms with Crippen molar-refractivity contribution in [2.24, 2.45) is 5.92 Å². The maximum Gasteiger partial charge on any atom is 0.246 e. The lowest BCUT2D eigenvalue weighted by Gasteiger charge is -2.43. The van der Waals surface area contributed by atoms with Crippen LogP contribution in [0.25, 0.3) is 0 Å². The van der Waals surface area contributed by atoms with Crippen LogP contribution in [0, 0.1) is 5.92 Å². The molecule has 2 aliphatic rings. The zero-order valence-corrected chi connectivity index (χ0v) is 12.1. The Balaban J connectivity index is 2.24. The van der Waals surface area contributed by atoms with Crippen LogP contribution >= 0.6 is 11.8 Å². The Morgan fingerprint density at radius 2 is 2.17 bits per heavy atom. The summed E-state index contributed by atoms with van der Waals surface area (Å²) in [6.45, 7) is 5.94. The average Bonchev–Trinajstić information content (AvgIpc) is 2.84. The van der Waals surface area contributed by atoms with Crippen LogP contribution in [0.5, 0.6) is 0 Å². The minimum Gasteiger partial charge on any atom is -0.342 e. The Hall–Kier alpha value is -0.710. The van der Waals surface area contributed by atoms with Crippen molar-refractivity contribution in [2.45, 2.75) is 51.7 Å². The Bertz CT molecular complexity index is 340. The van der Waals surface area contributed by atoms with Crippen molar-refractivity contribution in [3.63, 3.8) is 0 Å². The Morgan fingerprint density at radius 1 is 1.44 bits per heavy atom. The normalized spacial score (nSPS) is 33.1. The van der Waals surface area contributed by atoms with E-state index < -0.39 is 0 Å². The molecule has 0 aromatic heterocycles. The van der Waals surface area contributed by atoms with Crippen molar-refractivity contribution in [2.75, 3.05) is 11.5 Å². The molecule has 2 rings (SSSR count). The maximum atomic E-state index is 12.6. The van der Waals surface area contributed by atoms with Gasteiger partial charge in [-0.25, -0.2) is 0 Å². The van der Waals surface area contributed by atoms with Crippen molar-refractivity contribution in [1.82, 2.24) is 10.2 Å². The maximum absolute atomic E-state index is 12.6. The summed E-state index contributed by atoms with van der Waals surface area (Å²) in [5, 5.41) is 2.88. The standard InChI is InChI=1S/C13H22N2O2S/c1-4-10-12(16)14-11(8(2)3)13(17)15(10)9-5-6-18-7-9/h8-11H,4-7H2,1-3H3,(H,14,16). The van der Waals surface area contributed by atoms with E-state index in [9.17, 15) is 9.59 Å². The summed E-state index contributed by atoms with van der Waals surface area (Å²) in [5.41, 5.74) is 0. The lowest BCUT2D eigenvalue weighted by Crippen LogP contribution is -2.66. The zero-order chi connectivity index (χ0) is 13.3. The smallest absolute Gasteiger partial charge is 0.246 e. The zero-order valence-electron chi connectivity index (χ0n) is 11.3. The minimum absolute atomic E-state index is 0.0210. The molecule has 4 nitrogen and oxygen atoms in total. The molecule has 0 saturated carbocycles. The van der Waals surface area contributed by atoms with Crippen molar-refractivity contribution in [3.8, 4) is 0 Å². The number of nitrogens with one attached hydrogen (secondary N) is 1. The first-order valence-electron chi connectivity index (χ1n) is 6.76. The van der Waals surface area contributed by atoms with Gasteiger partial charge < -0.3 is 10.2 Å². The molecule has 2 heterocycles. The van der Waals surface area contributed by atoms with E-state index in [0.29, 0.717) is 6.42 Å². The van der Waals surface area contributed by atoms with Gasteiger partial charge in [-0.05, 0) is 24.5 Å². The molecule has 3 unspecified atom stereocenters. The van der Waals surface area contributed by atoms with E-state index in [2.05, 4.69) is 5.32 Å². The number of rotatable bonds is 3. The van der Waals surface area contributed by atoms with Crippen LogP contribution in [0.1, 0.15) is 33.6 Å². The molecule has 0 bridgehead atoms. The highest BCUT2D eigenvalue weighted by Gasteiger charge is 2.44. The van der Waals surface area contributed by atoms with Crippen LogP contribution in [0.3, 0.4) is 0 Å². The molecule has 0 aromatic carbocycles. The van der Waals surface area contributed by atoms with E-state index in [1.54, 1.807) is 0 Å². The van der Waals surface area contributed by atoms with Gasteiger partial charge in [-0.1, -0.05) is 20.8 Å². The highest BCUT2D eigenvalue weighted by Crippen LogP contribution is 2.28. The fraction of sp³-hybridized carbons (Fsp3) is 0.846. The molecule has 18 heavy (non-hydrogen) atoms. The first kappa shape index (κ1) is 13.7. The molecule has 3 atom stereocenters. The minimum atomic E-state index is -0.342. The van der Waals surface area contributed by atoms with E-state index in [1.165, 1.54) is 0 Å². The van der Waals surface area contributed by atoms with Gasteiger partial charge >= 0.3 is 0 Å². The molecule has 0 radical (unpaired) electrons. The number of thioether (sulfide) groups is 1. The second kappa shape index (κ2) is 5.51. The van der Waals surface area contributed by atoms with Crippen molar-refractivity contribution < 1.29 is 9.59 Å². The molecular formula is C13H22N2O2S. The predicted molar refractivity (Wildman–Crippen MR) is 73.4 cm³/mol. The quantitative estimate of drug-likeness (QED) is 0.840. The van der Waals surface area contributed by atoms with E-state index in [4.69, 9.17) is 0 Å². The third-order valence-corrected chi connectivity index (χ3v) is 4.95. The van der Waals surface area contributed by atoms with Crippen LogP contribution < -0.4 is 5.32 Å². The fourth-order valence-corrected chi connectivity index (χ4v) is 3.97. The van der Waals surface area contributed by atoms with Gasteiger partial charge in [-0.2, -0.15) is 11.8 Å². The third kappa shape index (κ3) is 2.37.